The van der Waals surface area contributed by atoms with Crippen LogP contribution < -0.4 is 0 Å². The number of rotatable bonds is 11. The Hall–Kier alpha value is -2.60. The highest BCUT2D eigenvalue weighted by Gasteiger charge is 2.42. The smallest absolute Gasteiger partial charge is 0.241 e. The van der Waals surface area contributed by atoms with Gasteiger partial charge in [-0.05, 0) is 29.9 Å². The number of ether oxygens (including phenoxy) is 2. The first kappa shape index (κ1) is 29.4. The maximum absolute atomic E-state index is 13.7. The molecule has 0 bridgehead atoms. The number of sulfonamides is 1. The number of hydrogen-bond acceptors (Lipinski definition) is 7. The number of hydrogen-bond donors (Lipinski definition) is 0. The molecule has 214 valence electrons. The normalized spacial score (nSPS) is 21.2. The lowest BCUT2D eigenvalue weighted by Gasteiger charge is -2.32. The van der Waals surface area contributed by atoms with Gasteiger partial charge in [0.25, 0.3) is 0 Å². The summed E-state index contributed by atoms with van der Waals surface area (Å²) in [5, 5.41) is 8.42. The first-order valence-corrected chi connectivity index (χ1v) is 15.5. The number of carbonyl (C=O) groups excluding carboxylic acids is 1. The number of benzene rings is 1. The number of allylic oxidation sites excluding steroid dienone is 1. The Morgan fingerprint density at radius 2 is 1.87 bits per heavy atom. The molecule has 11 heteroatoms. The second-order valence-corrected chi connectivity index (χ2v) is 12.6. The van der Waals surface area contributed by atoms with Gasteiger partial charge in [0, 0.05) is 26.1 Å². The van der Waals surface area contributed by atoms with E-state index in [1.54, 1.807) is 15.8 Å². The van der Waals surface area contributed by atoms with E-state index in [4.69, 9.17) is 9.47 Å². The van der Waals surface area contributed by atoms with Gasteiger partial charge in [-0.25, -0.2) is 8.42 Å². The van der Waals surface area contributed by atoms with E-state index in [2.05, 4.69) is 29.4 Å². The van der Waals surface area contributed by atoms with Crippen LogP contribution in [0.4, 0.5) is 0 Å². The number of aromatic nitrogens is 3. The van der Waals surface area contributed by atoms with Crippen molar-refractivity contribution in [3.63, 3.8) is 0 Å². The number of nitrogens with zero attached hydrogens (tertiary/aromatic N) is 5. The van der Waals surface area contributed by atoms with Gasteiger partial charge < -0.3 is 14.4 Å². The van der Waals surface area contributed by atoms with Crippen molar-refractivity contribution >= 4 is 22.0 Å². The van der Waals surface area contributed by atoms with E-state index in [1.165, 1.54) is 4.31 Å². The van der Waals surface area contributed by atoms with Gasteiger partial charge in [0.1, 0.15) is 11.7 Å². The molecule has 1 atom stereocenters. The summed E-state index contributed by atoms with van der Waals surface area (Å²) in [6.07, 6.45) is 9.43. The standard InChI is InChI=1S/C28H41N5O5S/c1-4-5-6-8-23-9-11-24(12-10-23)19-33-27(22(2)3)28(34)31(15-18-39(33,35)36)20-25-21-32(30-29-25)14-13-26-37-16-7-17-38-26/h6,8-12,21-22,26-27H,4-5,7,13-20H2,1-3H3/b8-6+. The van der Waals surface area contributed by atoms with Gasteiger partial charge in [-0.3, -0.25) is 9.48 Å². The monoisotopic (exact) mass is 559 g/mol. The molecule has 3 heterocycles. The van der Waals surface area contributed by atoms with Crippen molar-refractivity contribution in [1.82, 2.24) is 24.2 Å². The summed E-state index contributed by atoms with van der Waals surface area (Å²) >= 11 is 0. The number of carbonyl (C=O) groups is 1. The molecular weight excluding hydrogens is 518 g/mol. The van der Waals surface area contributed by atoms with E-state index in [1.807, 2.05) is 38.1 Å². The molecule has 10 nitrogen and oxygen atoms in total. The second kappa shape index (κ2) is 13.6. The Morgan fingerprint density at radius 1 is 1.13 bits per heavy atom. The van der Waals surface area contributed by atoms with Crippen molar-refractivity contribution in [2.45, 2.75) is 78.4 Å². The van der Waals surface area contributed by atoms with Crippen LogP contribution in [-0.4, -0.2) is 76.4 Å². The topological polar surface area (TPSA) is 107 Å². The molecule has 39 heavy (non-hydrogen) atoms. The molecular formula is C28H41N5O5S. The molecule has 0 radical (unpaired) electrons. The highest BCUT2D eigenvalue weighted by atomic mass is 32.2. The molecule has 0 spiro atoms. The zero-order chi connectivity index (χ0) is 27.8. The van der Waals surface area contributed by atoms with Gasteiger partial charge in [0.05, 0.1) is 31.7 Å². The van der Waals surface area contributed by atoms with E-state index in [9.17, 15) is 13.2 Å². The summed E-state index contributed by atoms with van der Waals surface area (Å²) in [5.74, 6) is -0.538. The summed E-state index contributed by atoms with van der Waals surface area (Å²) in [4.78, 5) is 15.3. The molecule has 1 aromatic heterocycles. The van der Waals surface area contributed by atoms with Crippen LogP contribution in [0.1, 0.15) is 63.3 Å². The van der Waals surface area contributed by atoms with E-state index < -0.39 is 16.1 Å². The summed E-state index contributed by atoms with van der Waals surface area (Å²) in [6.45, 7) is 8.37. The largest absolute Gasteiger partial charge is 0.353 e. The van der Waals surface area contributed by atoms with E-state index in [0.29, 0.717) is 31.9 Å². The van der Waals surface area contributed by atoms with E-state index in [-0.39, 0.29) is 43.5 Å². The van der Waals surface area contributed by atoms with Crippen LogP contribution in [-0.2, 0) is 43.9 Å². The van der Waals surface area contributed by atoms with Crippen molar-refractivity contribution in [1.29, 1.82) is 0 Å². The molecule has 2 aliphatic rings. The maximum Gasteiger partial charge on any atom is 0.241 e. The van der Waals surface area contributed by atoms with Gasteiger partial charge >= 0.3 is 0 Å². The minimum atomic E-state index is -3.67. The Labute approximate surface area is 232 Å². The molecule has 1 aromatic carbocycles. The zero-order valence-electron chi connectivity index (χ0n) is 23.2. The fourth-order valence-corrected chi connectivity index (χ4v) is 6.58. The third-order valence-corrected chi connectivity index (χ3v) is 8.76. The molecule has 2 fully saturated rings. The fraction of sp³-hybridized carbons (Fsp3) is 0.607. The van der Waals surface area contributed by atoms with Crippen LogP contribution in [0, 0.1) is 5.92 Å². The molecule has 2 saturated heterocycles. The van der Waals surface area contributed by atoms with Gasteiger partial charge in [-0.2, -0.15) is 4.31 Å². The average Bonchev–Trinajstić information content (AvgIpc) is 3.35. The molecule has 0 N–H and O–H groups in total. The molecule has 0 aliphatic carbocycles. The van der Waals surface area contributed by atoms with Gasteiger partial charge in [0.15, 0.2) is 6.29 Å². The van der Waals surface area contributed by atoms with Gasteiger partial charge in [-0.15, -0.1) is 5.10 Å². The van der Waals surface area contributed by atoms with E-state index >= 15 is 0 Å². The summed E-state index contributed by atoms with van der Waals surface area (Å²) < 4.78 is 41.1. The summed E-state index contributed by atoms with van der Waals surface area (Å²) in [5.41, 5.74) is 2.54. The van der Waals surface area contributed by atoms with Crippen LogP contribution in [0.15, 0.2) is 36.5 Å². The highest BCUT2D eigenvalue weighted by Crippen LogP contribution is 2.25. The third kappa shape index (κ3) is 7.97. The third-order valence-electron chi connectivity index (χ3n) is 7.00. The lowest BCUT2D eigenvalue weighted by atomic mass is 10.0. The van der Waals surface area contributed by atoms with Crippen LogP contribution >= 0.6 is 0 Å². The van der Waals surface area contributed by atoms with Crippen molar-refractivity contribution in [2.75, 3.05) is 25.5 Å². The summed E-state index contributed by atoms with van der Waals surface area (Å²) in [7, 11) is -3.67. The SMILES string of the molecule is CCC/C=C/c1ccc(CN2C(C(C)C)C(=O)N(Cc3cn(CCC4OCCCO4)nn3)CCS2(=O)=O)cc1. The first-order valence-electron chi connectivity index (χ1n) is 13.9. The molecule has 1 unspecified atom stereocenters. The first-order chi connectivity index (χ1) is 18.8. The van der Waals surface area contributed by atoms with Crippen LogP contribution in [0.5, 0.6) is 0 Å². The minimum Gasteiger partial charge on any atom is -0.353 e. The van der Waals surface area contributed by atoms with Crippen molar-refractivity contribution < 1.29 is 22.7 Å². The van der Waals surface area contributed by atoms with Crippen LogP contribution in [0.2, 0.25) is 0 Å². The van der Waals surface area contributed by atoms with Crippen LogP contribution in [0.25, 0.3) is 6.08 Å². The predicted molar refractivity (Wildman–Crippen MR) is 149 cm³/mol. The Morgan fingerprint density at radius 3 is 2.56 bits per heavy atom. The predicted octanol–water partition coefficient (Wildman–Crippen LogP) is 3.44. The molecule has 0 saturated carbocycles. The molecule has 4 rings (SSSR count). The van der Waals surface area contributed by atoms with E-state index in [0.717, 1.165) is 30.4 Å². The molecule has 2 aliphatic heterocycles. The Bertz CT molecular complexity index is 1210. The molecule has 2 aromatic rings. The second-order valence-electron chi connectivity index (χ2n) is 10.5. The Kier molecular flexibility index (Phi) is 10.3. The van der Waals surface area contributed by atoms with Gasteiger partial charge in [-0.1, -0.05) is 68.8 Å². The van der Waals surface area contributed by atoms with Crippen LogP contribution in [0.3, 0.4) is 0 Å². The summed E-state index contributed by atoms with van der Waals surface area (Å²) in [6, 6.07) is 7.05. The lowest BCUT2D eigenvalue weighted by molar-refractivity contribution is -0.182. The number of amides is 1. The number of unbranched alkanes of at least 4 members (excludes halogenated alkanes) is 1. The highest BCUT2D eigenvalue weighted by molar-refractivity contribution is 7.89. The fourth-order valence-electron chi connectivity index (χ4n) is 4.86. The van der Waals surface area contributed by atoms with Crippen molar-refractivity contribution in [3.05, 3.63) is 53.4 Å². The Balaban J connectivity index is 1.44. The van der Waals surface area contributed by atoms with Crippen molar-refractivity contribution in [2.24, 2.45) is 5.92 Å². The zero-order valence-corrected chi connectivity index (χ0v) is 24.1. The lowest BCUT2D eigenvalue weighted by Crippen LogP contribution is -2.49. The average molecular weight is 560 g/mol. The van der Waals surface area contributed by atoms with Crippen molar-refractivity contribution in [3.8, 4) is 0 Å². The van der Waals surface area contributed by atoms with Gasteiger partial charge in [0.2, 0.25) is 15.9 Å². The number of aryl methyl sites for hydroxylation is 1. The molecule has 1 amide bonds. The minimum absolute atomic E-state index is 0.110. The quantitative estimate of drug-likeness (QED) is 0.415. The maximum atomic E-state index is 13.7.